The number of pyridine rings is 1. The van der Waals surface area contributed by atoms with Crippen molar-refractivity contribution in [3.63, 3.8) is 0 Å². The third-order valence-electron chi connectivity index (χ3n) is 6.25. The summed E-state index contributed by atoms with van der Waals surface area (Å²) < 4.78 is 25.9. The molecule has 9 heteroatoms. The lowest BCUT2D eigenvalue weighted by molar-refractivity contribution is -0.105. The number of hydrogen-bond donors (Lipinski definition) is 2. The molecule has 1 saturated carbocycles. The van der Waals surface area contributed by atoms with Crippen molar-refractivity contribution < 1.29 is 18.7 Å². The quantitative estimate of drug-likeness (QED) is 0.576. The van der Waals surface area contributed by atoms with Crippen LogP contribution in [0.3, 0.4) is 0 Å². The van der Waals surface area contributed by atoms with Crippen molar-refractivity contribution in [1.82, 2.24) is 14.7 Å². The highest BCUT2D eigenvalue weighted by molar-refractivity contribution is 5.71. The molecular formula is C24H28FN5O3. The lowest BCUT2D eigenvalue weighted by Gasteiger charge is -2.34. The first kappa shape index (κ1) is 21.5. The smallest absolute Gasteiger partial charge is 0.231 e. The Balaban J connectivity index is 0.000000152. The number of halogens is 1. The van der Waals surface area contributed by atoms with Crippen molar-refractivity contribution in [2.24, 2.45) is 0 Å². The minimum absolute atomic E-state index is 0.247. The molecule has 2 fully saturated rings. The number of carbonyl (C=O) groups is 1. The van der Waals surface area contributed by atoms with E-state index in [4.69, 9.17) is 9.47 Å². The number of fused-ring (bicyclic) bond motifs is 2. The summed E-state index contributed by atoms with van der Waals surface area (Å²) >= 11 is 0. The number of aromatic nitrogens is 2. The zero-order chi connectivity index (χ0) is 22.8. The maximum atomic E-state index is 13.2. The number of ether oxygens (including phenoxy) is 2. The van der Waals surface area contributed by atoms with E-state index in [9.17, 15) is 9.18 Å². The fourth-order valence-corrected chi connectivity index (χ4v) is 4.37. The van der Waals surface area contributed by atoms with E-state index in [0.717, 1.165) is 36.2 Å². The number of nitrogens with zero attached hydrogens (tertiary/aromatic N) is 3. The number of anilines is 2. The molecule has 3 aliphatic rings. The molecular weight excluding hydrogens is 425 g/mol. The minimum Gasteiger partial charge on any atom is -0.453 e. The monoisotopic (exact) mass is 453 g/mol. The first-order valence-corrected chi connectivity index (χ1v) is 11.3. The molecule has 0 bridgehead atoms. The molecule has 0 unspecified atom stereocenters. The average Bonchev–Trinajstić information content (AvgIpc) is 3.27. The molecule has 1 aliphatic carbocycles. The van der Waals surface area contributed by atoms with Crippen molar-refractivity contribution >= 4 is 23.4 Å². The number of imidazole rings is 1. The molecule has 0 radical (unpaired) electrons. The summed E-state index contributed by atoms with van der Waals surface area (Å²) in [4.78, 5) is 16.3. The molecule has 8 nitrogen and oxygen atoms in total. The van der Waals surface area contributed by atoms with Gasteiger partial charge in [0.1, 0.15) is 0 Å². The van der Waals surface area contributed by atoms with Crippen molar-refractivity contribution in [3.8, 4) is 11.5 Å². The maximum Gasteiger partial charge on any atom is 0.231 e. The Morgan fingerprint density at radius 1 is 1.12 bits per heavy atom. The molecule has 1 saturated heterocycles. The van der Waals surface area contributed by atoms with Gasteiger partial charge in [0.25, 0.3) is 0 Å². The van der Waals surface area contributed by atoms with E-state index in [1.54, 1.807) is 12.4 Å². The number of aryl methyl sites for hydroxylation is 1. The Hall–Kier alpha value is -3.33. The van der Waals surface area contributed by atoms with Crippen molar-refractivity contribution in [2.75, 3.05) is 30.1 Å². The number of piperidine rings is 1. The number of hydrogen-bond acceptors (Lipinski definition) is 6. The van der Waals surface area contributed by atoms with Gasteiger partial charge in [0.05, 0.1) is 11.4 Å². The second kappa shape index (κ2) is 9.27. The Labute approximate surface area is 191 Å². The van der Waals surface area contributed by atoms with E-state index in [2.05, 4.69) is 39.6 Å². The largest absolute Gasteiger partial charge is 0.453 e. The van der Waals surface area contributed by atoms with Crippen molar-refractivity contribution in [2.45, 2.75) is 44.7 Å². The third kappa shape index (κ3) is 4.73. The Morgan fingerprint density at radius 2 is 1.88 bits per heavy atom. The summed E-state index contributed by atoms with van der Waals surface area (Å²) in [5.74, 6) is 1.41. The molecule has 2 aromatic heterocycles. The van der Waals surface area contributed by atoms with Gasteiger partial charge in [-0.3, -0.25) is 4.79 Å². The second-order valence-corrected chi connectivity index (χ2v) is 8.67. The van der Waals surface area contributed by atoms with E-state index in [0.29, 0.717) is 24.9 Å². The van der Waals surface area contributed by atoms with Crippen LogP contribution in [-0.4, -0.2) is 47.8 Å². The fraction of sp³-hybridized carbons (Fsp3) is 0.417. The van der Waals surface area contributed by atoms with E-state index >= 15 is 0 Å². The van der Waals surface area contributed by atoms with E-state index in [1.165, 1.54) is 48.0 Å². The van der Waals surface area contributed by atoms with Gasteiger partial charge in [-0.25, -0.2) is 9.37 Å². The van der Waals surface area contributed by atoms with Crippen LogP contribution in [-0.2, 0) is 4.79 Å². The Bertz CT molecular complexity index is 1140. The second-order valence-electron chi connectivity index (χ2n) is 8.67. The molecule has 2 N–H and O–H groups in total. The normalized spacial score (nSPS) is 17.6. The number of benzene rings is 1. The van der Waals surface area contributed by atoms with Crippen molar-refractivity contribution in [3.05, 3.63) is 48.2 Å². The highest BCUT2D eigenvalue weighted by Crippen LogP contribution is 2.44. The molecule has 33 heavy (non-hydrogen) atoms. The van der Waals surface area contributed by atoms with Crippen LogP contribution in [0.2, 0.25) is 0 Å². The summed E-state index contributed by atoms with van der Waals surface area (Å²) in [7, 11) is 0. The Kier molecular flexibility index (Phi) is 6.04. The van der Waals surface area contributed by atoms with Crippen LogP contribution in [0.4, 0.5) is 15.8 Å². The average molecular weight is 454 g/mol. The van der Waals surface area contributed by atoms with Gasteiger partial charge >= 0.3 is 0 Å². The number of amides is 1. The maximum absolute atomic E-state index is 13.2. The molecule has 4 heterocycles. The zero-order valence-electron chi connectivity index (χ0n) is 18.6. The van der Waals surface area contributed by atoms with Gasteiger partial charge in [-0.1, -0.05) is 6.07 Å². The van der Waals surface area contributed by atoms with Crippen LogP contribution in [0.15, 0.2) is 36.8 Å². The van der Waals surface area contributed by atoms with E-state index in [1.807, 2.05) is 0 Å². The predicted octanol–water partition coefficient (Wildman–Crippen LogP) is 3.49. The third-order valence-corrected chi connectivity index (χ3v) is 6.25. The molecule has 174 valence electrons. The summed E-state index contributed by atoms with van der Waals surface area (Å²) in [6, 6.07) is 7.05. The van der Waals surface area contributed by atoms with Crippen LogP contribution in [0.1, 0.15) is 31.2 Å². The number of rotatable bonds is 5. The lowest BCUT2D eigenvalue weighted by Crippen LogP contribution is -2.43. The predicted molar refractivity (Wildman–Crippen MR) is 124 cm³/mol. The van der Waals surface area contributed by atoms with E-state index in [-0.39, 0.29) is 5.65 Å². The number of nitrogens with one attached hydrogen (secondary N) is 2. The van der Waals surface area contributed by atoms with Gasteiger partial charge in [0.2, 0.25) is 13.2 Å². The highest BCUT2D eigenvalue weighted by Gasteiger charge is 2.29. The van der Waals surface area contributed by atoms with Crippen LogP contribution < -0.4 is 25.0 Å². The first-order chi connectivity index (χ1) is 16.1. The van der Waals surface area contributed by atoms with Crippen LogP contribution in [0.5, 0.6) is 11.5 Å². The van der Waals surface area contributed by atoms with Crippen LogP contribution in [0.25, 0.3) is 5.65 Å². The molecule has 3 aromatic rings. The molecule has 1 aromatic carbocycles. The summed E-state index contributed by atoms with van der Waals surface area (Å²) in [6.45, 7) is 4.63. The minimum atomic E-state index is -0.461. The summed E-state index contributed by atoms with van der Waals surface area (Å²) in [6.07, 6.45) is 10.4. The van der Waals surface area contributed by atoms with Gasteiger partial charge in [0, 0.05) is 49.8 Å². The lowest BCUT2D eigenvalue weighted by atomic mass is 10.0. The van der Waals surface area contributed by atoms with Gasteiger partial charge < -0.3 is 29.4 Å². The standard InChI is InChI=1S/C16H22N2O2.C8H6FN3O/c1-11-2-5-14(16-15(11)19-10-20-16)18-8-6-13(7-9-18)17-12-3-4-12;9-7-3-6(11-5-13)4-12-2-1-10-8(7)12/h2,5,12-13,17H,3-4,6-10H2,1H3;1-5H,(H,11,13). The van der Waals surface area contributed by atoms with Crippen molar-refractivity contribution in [1.29, 1.82) is 0 Å². The SMILES string of the molecule is Cc1ccc(N2CCC(NC3CC3)CC2)c2c1OCO2.O=CNc1cc(F)c2nccn2c1. The molecule has 2 aliphatic heterocycles. The molecule has 0 atom stereocenters. The van der Waals surface area contributed by atoms with Gasteiger partial charge in [0.15, 0.2) is 23.0 Å². The van der Waals surface area contributed by atoms with Gasteiger partial charge in [-0.05, 0) is 44.2 Å². The van der Waals surface area contributed by atoms with E-state index < -0.39 is 5.82 Å². The first-order valence-electron chi connectivity index (χ1n) is 11.3. The van der Waals surface area contributed by atoms with Crippen LogP contribution >= 0.6 is 0 Å². The van der Waals surface area contributed by atoms with Crippen LogP contribution in [0, 0.1) is 12.7 Å². The topological polar surface area (TPSA) is 80.1 Å². The summed E-state index contributed by atoms with van der Waals surface area (Å²) in [5.41, 5.74) is 3.01. The fourth-order valence-electron chi connectivity index (χ4n) is 4.37. The highest BCUT2D eigenvalue weighted by atomic mass is 19.1. The molecule has 0 spiro atoms. The van der Waals surface area contributed by atoms with Gasteiger partial charge in [-0.2, -0.15) is 0 Å². The van der Waals surface area contributed by atoms with Gasteiger partial charge in [-0.15, -0.1) is 0 Å². The number of carbonyl (C=O) groups excluding carboxylic acids is 1. The zero-order valence-corrected chi connectivity index (χ0v) is 18.6. The molecule has 6 rings (SSSR count). The Morgan fingerprint density at radius 3 is 2.64 bits per heavy atom. The summed E-state index contributed by atoms with van der Waals surface area (Å²) in [5, 5.41) is 6.10. The molecule has 1 amide bonds.